The molecule has 0 aromatic heterocycles. The molecule has 0 aromatic carbocycles. The molecule has 0 bridgehead atoms. The van der Waals surface area contributed by atoms with E-state index in [0.717, 1.165) is 25.9 Å². The number of nitrogens with one attached hydrogen (secondary N) is 1. The average molecular weight is 171 g/mol. The molecular weight excluding hydrogens is 154 g/mol. The second-order valence-electron chi connectivity index (χ2n) is 3.50. The lowest BCUT2D eigenvalue weighted by atomic mass is 9.87. The van der Waals surface area contributed by atoms with Crippen LogP contribution in [0.25, 0.3) is 0 Å². The maximum atomic E-state index is 11.2. The molecule has 0 aliphatic carbocycles. The van der Waals surface area contributed by atoms with Crippen LogP contribution in [-0.4, -0.2) is 43.5 Å². The van der Waals surface area contributed by atoms with Crippen LogP contribution in [0.15, 0.2) is 0 Å². The van der Waals surface area contributed by atoms with Gasteiger partial charge in [-0.05, 0) is 26.9 Å². The molecule has 1 aliphatic rings. The van der Waals surface area contributed by atoms with Gasteiger partial charge in [-0.3, -0.25) is 4.79 Å². The van der Waals surface area contributed by atoms with Crippen molar-refractivity contribution in [2.24, 2.45) is 5.73 Å². The molecule has 0 radical (unpaired) electrons. The van der Waals surface area contributed by atoms with Gasteiger partial charge in [-0.1, -0.05) is 0 Å². The lowest BCUT2D eigenvalue weighted by molar-refractivity contribution is -0.126. The highest BCUT2D eigenvalue weighted by Gasteiger charge is 2.37. The number of amides is 1. The van der Waals surface area contributed by atoms with Gasteiger partial charge in [0.15, 0.2) is 0 Å². The van der Waals surface area contributed by atoms with Crippen molar-refractivity contribution in [3.63, 3.8) is 0 Å². The second kappa shape index (κ2) is 3.41. The molecular formula is C8H17N3O. The first-order chi connectivity index (χ1) is 5.60. The molecule has 0 unspecified atom stereocenters. The van der Waals surface area contributed by atoms with Crippen molar-refractivity contribution in [2.75, 3.05) is 27.2 Å². The summed E-state index contributed by atoms with van der Waals surface area (Å²) in [7, 11) is 3.86. The third-order valence-electron chi connectivity index (χ3n) is 2.79. The maximum Gasteiger partial charge on any atom is 0.237 e. The standard InChI is InChI=1S/C8H17N3O/c1-10-8(7(9)12)3-5-11(2)6-4-8/h10H,3-6H2,1-2H3,(H2,9,12). The summed E-state index contributed by atoms with van der Waals surface area (Å²) in [5.74, 6) is -0.224. The van der Waals surface area contributed by atoms with E-state index in [1.165, 1.54) is 0 Å². The van der Waals surface area contributed by atoms with Crippen molar-refractivity contribution in [3.05, 3.63) is 0 Å². The van der Waals surface area contributed by atoms with Gasteiger partial charge in [0.25, 0.3) is 0 Å². The van der Waals surface area contributed by atoms with E-state index in [1.807, 2.05) is 0 Å². The predicted octanol–water partition coefficient (Wildman–Crippen LogP) is -0.844. The molecule has 3 N–H and O–H groups in total. The number of primary amides is 1. The van der Waals surface area contributed by atoms with Crippen molar-refractivity contribution in [1.82, 2.24) is 10.2 Å². The Morgan fingerprint density at radius 3 is 2.33 bits per heavy atom. The van der Waals surface area contributed by atoms with Crippen LogP contribution in [0.3, 0.4) is 0 Å². The zero-order chi connectivity index (χ0) is 9.19. The lowest BCUT2D eigenvalue weighted by Crippen LogP contribution is -2.59. The molecule has 70 valence electrons. The fraction of sp³-hybridized carbons (Fsp3) is 0.875. The van der Waals surface area contributed by atoms with Crippen LogP contribution in [0.1, 0.15) is 12.8 Å². The van der Waals surface area contributed by atoms with Gasteiger partial charge in [0.05, 0.1) is 5.54 Å². The van der Waals surface area contributed by atoms with E-state index in [2.05, 4.69) is 17.3 Å². The summed E-state index contributed by atoms with van der Waals surface area (Å²) in [5.41, 5.74) is 4.89. The first kappa shape index (κ1) is 9.48. The predicted molar refractivity (Wildman–Crippen MR) is 47.7 cm³/mol. The molecule has 1 saturated heterocycles. The number of carbonyl (C=O) groups is 1. The Morgan fingerprint density at radius 2 is 2.00 bits per heavy atom. The number of nitrogens with zero attached hydrogens (tertiary/aromatic N) is 1. The van der Waals surface area contributed by atoms with Crippen molar-refractivity contribution in [1.29, 1.82) is 0 Å². The normalized spacial score (nSPS) is 23.8. The van der Waals surface area contributed by atoms with E-state index in [9.17, 15) is 4.79 Å². The summed E-state index contributed by atoms with van der Waals surface area (Å²) in [6.45, 7) is 1.87. The van der Waals surface area contributed by atoms with Crippen LogP contribution in [0.4, 0.5) is 0 Å². The molecule has 1 heterocycles. The fourth-order valence-electron chi connectivity index (χ4n) is 1.62. The molecule has 4 heteroatoms. The van der Waals surface area contributed by atoms with Crippen molar-refractivity contribution in [2.45, 2.75) is 18.4 Å². The maximum absolute atomic E-state index is 11.2. The number of hydrogen-bond acceptors (Lipinski definition) is 3. The van der Waals surface area contributed by atoms with Crippen molar-refractivity contribution >= 4 is 5.91 Å². The van der Waals surface area contributed by atoms with Gasteiger partial charge in [0.1, 0.15) is 0 Å². The third-order valence-corrected chi connectivity index (χ3v) is 2.79. The zero-order valence-electron chi connectivity index (χ0n) is 7.76. The first-order valence-corrected chi connectivity index (χ1v) is 4.28. The topological polar surface area (TPSA) is 58.4 Å². The summed E-state index contributed by atoms with van der Waals surface area (Å²) in [6.07, 6.45) is 1.63. The van der Waals surface area contributed by atoms with Gasteiger partial charge in [-0.25, -0.2) is 0 Å². The number of carbonyl (C=O) groups excluding carboxylic acids is 1. The number of nitrogens with two attached hydrogens (primary N) is 1. The summed E-state index contributed by atoms with van der Waals surface area (Å²) >= 11 is 0. The highest BCUT2D eigenvalue weighted by molar-refractivity contribution is 5.84. The van der Waals surface area contributed by atoms with E-state index < -0.39 is 5.54 Å². The van der Waals surface area contributed by atoms with Gasteiger partial charge < -0.3 is 16.0 Å². The first-order valence-electron chi connectivity index (χ1n) is 4.28. The number of likely N-dealkylation sites (N-methyl/N-ethyl adjacent to an activating group) is 1. The van der Waals surface area contributed by atoms with E-state index in [0.29, 0.717) is 0 Å². The van der Waals surface area contributed by atoms with Crippen molar-refractivity contribution in [3.8, 4) is 0 Å². The Morgan fingerprint density at radius 1 is 1.50 bits per heavy atom. The minimum atomic E-state index is -0.452. The molecule has 0 saturated carbocycles. The van der Waals surface area contributed by atoms with E-state index >= 15 is 0 Å². The van der Waals surface area contributed by atoms with Gasteiger partial charge >= 0.3 is 0 Å². The summed E-state index contributed by atoms with van der Waals surface area (Å²) in [5, 5.41) is 3.04. The molecule has 0 aromatic rings. The van der Waals surface area contributed by atoms with Gasteiger partial charge in [0.2, 0.25) is 5.91 Å². The summed E-state index contributed by atoms with van der Waals surface area (Å²) in [4.78, 5) is 13.4. The zero-order valence-corrected chi connectivity index (χ0v) is 7.76. The number of likely N-dealkylation sites (tertiary alicyclic amines) is 1. The van der Waals surface area contributed by atoms with Crippen LogP contribution in [-0.2, 0) is 4.79 Å². The number of hydrogen-bond donors (Lipinski definition) is 2. The molecule has 12 heavy (non-hydrogen) atoms. The van der Waals surface area contributed by atoms with Gasteiger partial charge in [-0.2, -0.15) is 0 Å². The summed E-state index contributed by atoms with van der Waals surface area (Å²) in [6, 6.07) is 0. The van der Waals surface area contributed by atoms with Crippen LogP contribution in [0.5, 0.6) is 0 Å². The van der Waals surface area contributed by atoms with Gasteiger partial charge in [-0.15, -0.1) is 0 Å². The van der Waals surface area contributed by atoms with Crippen LogP contribution in [0, 0.1) is 0 Å². The molecule has 4 nitrogen and oxygen atoms in total. The molecule has 1 aliphatic heterocycles. The highest BCUT2D eigenvalue weighted by Crippen LogP contribution is 2.20. The highest BCUT2D eigenvalue weighted by atomic mass is 16.1. The molecule has 0 spiro atoms. The quantitative estimate of drug-likeness (QED) is 0.569. The smallest absolute Gasteiger partial charge is 0.237 e. The largest absolute Gasteiger partial charge is 0.368 e. The van der Waals surface area contributed by atoms with Crippen LogP contribution in [0.2, 0.25) is 0 Å². The third kappa shape index (κ3) is 1.59. The van der Waals surface area contributed by atoms with Crippen LogP contribution >= 0.6 is 0 Å². The Kier molecular flexibility index (Phi) is 2.69. The fourth-order valence-corrected chi connectivity index (χ4v) is 1.62. The lowest BCUT2D eigenvalue weighted by Gasteiger charge is -2.37. The van der Waals surface area contributed by atoms with Crippen LogP contribution < -0.4 is 11.1 Å². The number of rotatable bonds is 2. The average Bonchev–Trinajstić information content (AvgIpc) is 2.06. The Labute approximate surface area is 73.1 Å². The van der Waals surface area contributed by atoms with Crippen molar-refractivity contribution < 1.29 is 4.79 Å². The van der Waals surface area contributed by atoms with E-state index in [1.54, 1.807) is 7.05 Å². The van der Waals surface area contributed by atoms with E-state index in [-0.39, 0.29) is 5.91 Å². The summed E-state index contributed by atoms with van der Waals surface area (Å²) < 4.78 is 0. The Hall–Kier alpha value is -0.610. The minimum absolute atomic E-state index is 0.224. The minimum Gasteiger partial charge on any atom is -0.368 e. The Balaban J connectivity index is 2.63. The SMILES string of the molecule is CNC1(C(N)=O)CCN(C)CC1. The molecule has 1 amide bonds. The number of piperidine rings is 1. The monoisotopic (exact) mass is 171 g/mol. The molecule has 1 fully saturated rings. The molecule has 1 rings (SSSR count). The van der Waals surface area contributed by atoms with Gasteiger partial charge in [0, 0.05) is 13.1 Å². The Bertz CT molecular complexity index is 173. The second-order valence-corrected chi connectivity index (χ2v) is 3.50. The molecule has 0 atom stereocenters. The van der Waals surface area contributed by atoms with E-state index in [4.69, 9.17) is 5.73 Å².